The van der Waals surface area contributed by atoms with E-state index in [2.05, 4.69) is 15.6 Å². The smallest absolute Gasteiger partial charge is 0.251 e. The highest BCUT2D eigenvalue weighted by Crippen LogP contribution is 2.17. The normalized spacial score (nSPS) is 10.3. The molecule has 3 rings (SSSR count). The van der Waals surface area contributed by atoms with Gasteiger partial charge in [-0.05, 0) is 35.9 Å². The molecule has 3 aromatic rings. The van der Waals surface area contributed by atoms with Crippen molar-refractivity contribution in [3.63, 3.8) is 0 Å². The molecule has 0 saturated heterocycles. The van der Waals surface area contributed by atoms with Crippen LogP contribution in [0.5, 0.6) is 5.75 Å². The van der Waals surface area contributed by atoms with Crippen molar-refractivity contribution in [3.05, 3.63) is 88.6 Å². The number of benzene rings is 2. The van der Waals surface area contributed by atoms with Crippen LogP contribution in [0, 0.1) is 0 Å². The van der Waals surface area contributed by atoms with Crippen LogP contribution in [0.3, 0.4) is 0 Å². The summed E-state index contributed by atoms with van der Waals surface area (Å²) in [4.78, 5) is 16.7. The maximum Gasteiger partial charge on any atom is 0.251 e. The van der Waals surface area contributed by atoms with Gasteiger partial charge in [-0.15, -0.1) is 0 Å². The second-order valence-electron chi connectivity index (χ2n) is 5.90. The van der Waals surface area contributed by atoms with Crippen molar-refractivity contribution >= 4 is 23.3 Å². The van der Waals surface area contributed by atoms with Gasteiger partial charge in [0.25, 0.3) is 5.91 Å². The van der Waals surface area contributed by atoms with Gasteiger partial charge in [0, 0.05) is 35.4 Å². The van der Waals surface area contributed by atoms with E-state index < -0.39 is 0 Å². The average molecular weight is 382 g/mol. The summed E-state index contributed by atoms with van der Waals surface area (Å²) in [7, 11) is 1.61. The lowest BCUT2D eigenvalue weighted by Crippen LogP contribution is -2.23. The number of carbonyl (C=O) groups excluding carboxylic acids is 1. The number of hydrogen-bond acceptors (Lipinski definition) is 4. The quantitative estimate of drug-likeness (QED) is 0.641. The second-order valence-corrected chi connectivity index (χ2v) is 6.34. The van der Waals surface area contributed by atoms with Gasteiger partial charge in [-0.3, -0.25) is 4.79 Å². The molecule has 138 valence electrons. The highest BCUT2D eigenvalue weighted by atomic mass is 35.5. The number of halogens is 1. The van der Waals surface area contributed by atoms with Crippen LogP contribution in [-0.4, -0.2) is 18.0 Å². The standard InChI is InChI=1S/C21H20ClN3O2/c1-27-19-5-3-2-4-17(19)14-25-21(26)16-10-11-23-20(12-16)24-13-15-6-8-18(22)9-7-15/h2-12H,13-14H2,1H3,(H,23,24)(H,25,26). The van der Waals surface area contributed by atoms with Crippen molar-refractivity contribution in [3.8, 4) is 5.75 Å². The minimum Gasteiger partial charge on any atom is -0.496 e. The maximum absolute atomic E-state index is 12.5. The fraction of sp³-hybridized carbons (Fsp3) is 0.143. The number of pyridine rings is 1. The Kier molecular flexibility index (Phi) is 6.28. The van der Waals surface area contributed by atoms with E-state index in [9.17, 15) is 4.79 Å². The average Bonchev–Trinajstić information content (AvgIpc) is 2.72. The number of ether oxygens (including phenoxy) is 1. The van der Waals surface area contributed by atoms with Crippen LogP contribution in [-0.2, 0) is 13.1 Å². The third-order valence-corrected chi connectivity index (χ3v) is 4.29. The van der Waals surface area contributed by atoms with Crippen LogP contribution in [0.1, 0.15) is 21.5 Å². The van der Waals surface area contributed by atoms with Gasteiger partial charge in [0.05, 0.1) is 7.11 Å². The number of para-hydroxylation sites is 1. The lowest BCUT2D eigenvalue weighted by Gasteiger charge is -2.10. The molecule has 0 atom stereocenters. The first-order valence-electron chi connectivity index (χ1n) is 8.50. The van der Waals surface area contributed by atoms with Crippen molar-refractivity contribution in [2.24, 2.45) is 0 Å². The molecule has 0 unspecified atom stereocenters. The number of nitrogens with zero attached hydrogens (tertiary/aromatic N) is 1. The molecule has 5 nitrogen and oxygen atoms in total. The fourth-order valence-electron chi connectivity index (χ4n) is 2.59. The Morgan fingerprint density at radius 1 is 1.07 bits per heavy atom. The third-order valence-electron chi connectivity index (χ3n) is 4.04. The third kappa shape index (κ3) is 5.21. The van der Waals surface area contributed by atoms with Crippen LogP contribution in [0.15, 0.2) is 66.9 Å². The lowest BCUT2D eigenvalue weighted by molar-refractivity contribution is 0.0950. The van der Waals surface area contributed by atoms with Crippen molar-refractivity contribution in [2.45, 2.75) is 13.1 Å². The van der Waals surface area contributed by atoms with E-state index in [4.69, 9.17) is 16.3 Å². The number of amides is 1. The van der Waals surface area contributed by atoms with Gasteiger partial charge in [0.2, 0.25) is 0 Å². The van der Waals surface area contributed by atoms with E-state index in [0.29, 0.717) is 29.5 Å². The Bertz CT molecular complexity index is 913. The Hall–Kier alpha value is -3.05. The molecule has 1 heterocycles. The van der Waals surface area contributed by atoms with Crippen LogP contribution < -0.4 is 15.4 Å². The summed E-state index contributed by atoms with van der Waals surface area (Å²) in [6, 6.07) is 18.6. The number of nitrogens with one attached hydrogen (secondary N) is 2. The van der Waals surface area contributed by atoms with E-state index in [0.717, 1.165) is 16.9 Å². The Morgan fingerprint density at radius 3 is 2.63 bits per heavy atom. The van der Waals surface area contributed by atoms with Crippen molar-refractivity contribution in [2.75, 3.05) is 12.4 Å². The maximum atomic E-state index is 12.5. The molecule has 0 aliphatic heterocycles. The Balaban J connectivity index is 1.60. The highest BCUT2D eigenvalue weighted by Gasteiger charge is 2.09. The van der Waals surface area contributed by atoms with Gasteiger partial charge in [0.1, 0.15) is 11.6 Å². The SMILES string of the molecule is COc1ccccc1CNC(=O)c1ccnc(NCc2ccc(Cl)cc2)c1. The molecule has 0 aliphatic carbocycles. The van der Waals surface area contributed by atoms with Crippen molar-refractivity contribution < 1.29 is 9.53 Å². The number of methoxy groups -OCH3 is 1. The first-order chi connectivity index (χ1) is 13.2. The van der Waals surface area contributed by atoms with Gasteiger partial charge >= 0.3 is 0 Å². The van der Waals surface area contributed by atoms with E-state index >= 15 is 0 Å². The monoisotopic (exact) mass is 381 g/mol. The molecule has 0 radical (unpaired) electrons. The number of hydrogen-bond donors (Lipinski definition) is 2. The van der Waals surface area contributed by atoms with Gasteiger partial charge in [-0.1, -0.05) is 41.9 Å². The zero-order valence-electron chi connectivity index (χ0n) is 14.9. The minimum atomic E-state index is -0.169. The molecule has 27 heavy (non-hydrogen) atoms. The van der Waals surface area contributed by atoms with Gasteiger partial charge in [0.15, 0.2) is 0 Å². The number of aromatic nitrogens is 1. The van der Waals surface area contributed by atoms with E-state index in [1.165, 1.54) is 0 Å². The predicted molar refractivity (Wildman–Crippen MR) is 107 cm³/mol. The molecule has 0 aliphatic rings. The molecule has 6 heteroatoms. The minimum absolute atomic E-state index is 0.169. The summed E-state index contributed by atoms with van der Waals surface area (Å²) in [6.07, 6.45) is 1.61. The highest BCUT2D eigenvalue weighted by molar-refractivity contribution is 6.30. The topological polar surface area (TPSA) is 63.2 Å². The van der Waals surface area contributed by atoms with Crippen LogP contribution in [0.25, 0.3) is 0 Å². The van der Waals surface area contributed by atoms with E-state index in [1.54, 1.807) is 25.4 Å². The largest absolute Gasteiger partial charge is 0.496 e. The van der Waals surface area contributed by atoms with Gasteiger partial charge < -0.3 is 15.4 Å². The van der Waals surface area contributed by atoms with Crippen LogP contribution in [0.2, 0.25) is 5.02 Å². The molecular formula is C21H20ClN3O2. The number of anilines is 1. The molecule has 0 saturated carbocycles. The fourth-order valence-corrected chi connectivity index (χ4v) is 2.72. The molecule has 0 spiro atoms. The van der Waals surface area contributed by atoms with E-state index in [-0.39, 0.29) is 5.91 Å². The van der Waals surface area contributed by atoms with Gasteiger partial charge in [-0.2, -0.15) is 0 Å². The molecule has 0 fully saturated rings. The summed E-state index contributed by atoms with van der Waals surface area (Å²) >= 11 is 5.89. The summed E-state index contributed by atoms with van der Waals surface area (Å²) in [5.74, 6) is 1.21. The molecule has 1 aromatic heterocycles. The Labute approximate surface area is 163 Å². The Morgan fingerprint density at radius 2 is 1.85 bits per heavy atom. The number of carbonyl (C=O) groups is 1. The van der Waals surface area contributed by atoms with Crippen LogP contribution in [0.4, 0.5) is 5.82 Å². The zero-order valence-corrected chi connectivity index (χ0v) is 15.7. The summed E-state index contributed by atoms with van der Waals surface area (Å²) in [5, 5.41) is 6.82. The van der Waals surface area contributed by atoms with Gasteiger partial charge in [-0.25, -0.2) is 4.98 Å². The predicted octanol–water partition coefficient (Wildman–Crippen LogP) is 4.29. The first kappa shape index (κ1) is 18.7. The van der Waals surface area contributed by atoms with Crippen molar-refractivity contribution in [1.82, 2.24) is 10.3 Å². The van der Waals surface area contributed by atoms with E-state index in [1.807, 2.05) is 48.5 Å². The molecule has 1 amide bonds. The number of rotatable bonds is 7. The van der Waals surface area contributed by atoms with Crippen molar-refractivity contribution in [1.29, 1.82) is 0 Å². The van der Waals surface area contributed by atoms with Crippen LogP contribution >= 0.6 is 11.6 Å². The first-order valence-corrected chi connectivity index (χ1v) is 8.88. The molecule has 2 N–H and O–H groups in total. The molecule has 0 bridgehead atoms. The second kappa shape index (κ2) is 9.05. The summed E-state index contributed by atoms with van der Waals surface area (Å²) < 4.78 is 5.30. The summed E-state index contributed by atoms with van der Waals surface area (Å²) in [5.41, 5.74) is 2.54. The zero-order chi connectivity index (χ0) is 19.1. The molecule has 2 aromatic carbocycles. The molecular weight excluding hydrogens is 362 g/mol. The lowest BCUT2D eigenvalue weighted by atomic mass is 10.2. The summed E-state index contributed by atoms with van der Waals surface area (Å²) in [6.45, 7) is 0.981.